The van der Waals surface area contributed by atoms with Crippen molar-refractivity contribution in [2.24, 2.45) is 0 Å². The maximum atomic E-state index is 12.1. The van der Waals surface area contributed by atoms with E-state index in [0.29, 0.717) is 12.1 Å². The van der Waals surface area contributed by atoms with Crippen LogP contribution in [0.4, 0.5) is 14.5 Å². The molecule has 0 spiro atoms. The van der Waals surface area contributed by atoms with Gasteiger partial charge in [-0.25, -0.2) is 8.42 Å². The monoisotopic (exact) mass is 235 g/mol. The highest BCUT2D eigenvalue weighted by Gasteiger charge is 2.26. The molecule has 4 nitrogen and oxygen atoms in total. The molecule has 0 saturated heterocycles. The zero-order valence-electron chi connectivity index (χ0n) is 7.35. The fourth-order valence-electron chi connectivity index (χ4n) is 0.912. The molecule has 0 aliphatic heterocycles. The third kappa shape index (κ3) is 2.50. The van der Waals surface area contributed by atoms with Crippen molar-refractivity contribution in [1.82, 2.24) is 0 Å². The number of anilines is 1. The molecule has 0 atom stereocenters. The van der Waals surface area contributed by atoms with Crippen molar-refractivity contribution in [1.29, 1.82) is 0 Å². The van der Waals surface area contributed by atoms with Crippen LogP contribution in [0.3, 0.4) is 0 Å². The highest BCUT2D eigenvalue weighted by molar-refractivity contribution is 7.91. The number of hydrogen-bond donors (Lipinski definition) is 1. The van der Waals surface area contributed by atoms with Crippen molar-refractivity contribution in [3.63, 3.8) is 0 Å². The van der Waals surface area contributed by atoms with Crippen LogP contribution in [0, 0.1) is 0 Å². The van der Waals surface area contributed by atoms with Crippen molar-refractivity contribution >= 4 is 21.9 Å². The molecule has 7 heteroatoms. The first kappa shape index (κ1) is 11.6. The van der Waals surface area contributed by atoms with Crippen LogP contribution >= 0.6 is 0 Å². The van der Waals surface area contributed by atoms with Crippen molar-refractivity contribution in [2.75, 3.05) is 5.32 Å². The Balaban J connectivity index is 3.04. The molecule has 0 saturated carbocycles. The molecule has 0 aromatic heterocycles. The van der Waals surface area contributed by atoms with Gasteiger partial charge in [-0.15, -0.1) is 0 Å². The third-order valence-electron chi connectivity index (χ3n) is 1.64. The first-order valence-corrected chi connectivity index (χ1v) is 5.35. The van der Waals surface area contributed by atoms with Crippen LogP contribution in [0.5, 0.6) is 0 Å². The molecular weight excluding hydrogens is 228 g/mol. The third-order valence-corrected chi connectivity index (χ3v) is 3.04. The molecule has 1 aromatic rings. The van der Waals surface area contributed by atoms with Gasteiger partial charge >= 0.3 is 5.76 Å². The molecule has 0 heterocycles. The lowest BCUT2D eigenvalue weighted by molar-refractivity contribution is -0.105. The van der Waals surface area contributed by atoms with Gasteiger partial charge in [0.25, 0.3) is 0 Å². The summed E-state index contributed by atoms with van der Waals surface area (Å²) in [6.07, 6.45) is 0.399. The van der Waals surface area contributed by atoms with E-state index in [1.807, 2.05) is 0 Å². The number of rotatable bonds is 4. The van der Waals surface area contributed by atoms with Crippen molar-refractivity contribution < 1.29 is 22.0 Å². The van der Waals surface area contributed by atoms with E-state index >= 15 is 0 Å². The van der Waals surface area contributed by atoms with Gasteiger partial charge in [0.2, 0.25) is 16.2 Å². The average molecular weight is 235 g/mol. The number of alkyl halides is 2. The molecule has 1 aromatic carbocycles. The Labute approximate surface area is 84.8 Å². The first-order valence-electron chi connectivity index (χ1n) is 3.81. The number of nitrogens with one attached hydrogen (secondary N) is 1. The lowest BCUT2D eigenvalue weighted by atomic mass is 10.3. The molecule has 0 fully saturated rings. The van der Waals surface area contributed by atoms with E-state index in [-0.39, 0.29) is 0 Å². The first-order chi connectivity index (χ1) is 6.98. The van der Waals surface area contributed by atoms with Crippen LogP contribution in [0.1, 0.15) is 0 Å². The van der Waals surface area contributed by atoms with E-state index in [4.69, 9.17) is 0 Å². The van der Waals surface area contributed by atoms with Crippen LogP contribution in [-0.2, 0) is 14.6 Å². The second-order valence-corrected chi connectivity index (χ2v) is 4.51. The van der Waals surface area contributed by atoms with E-state index in [0.717, 1.165) is 12.1 Å². The normalized spacial score (nSPS) is 11.4. The maximum absolute atomic E-state index is 12.1. The zero-order valence-corrected chi connectivity index (χ0v) is 8.17. The Bertz CT molecular complexity index is 441. The SMILES string of the molecule is O=CNc1ccc(S(=O)(=O)C(F)F)cc1. The lowest BCUT2D eigenvalue weighted by Crippen LogP contribution is -2.11. The van der Waals surface area contributed by atoms with Crippen LogP contribution in [-0.4, -0.2) is 20.6 Å². The maximum Gasteiger partial charge on any atom is 0.341 e. The molecule has 82 valence electrons. The van der Waals surface area contributed by atoms with Gasteiger partial charge in [-0.2, -0.15) is 8.78 Å². The predicted octanol–water partition coefficient (Wildman–Crippen LogP) is 1.25. The Hall–Kier alpha value is -1.50. The summed E-state index contributed by atoms with van der Waals surface area (Å²) < 4.78 is 46.1. The number of amides is 1. The van der Waals surface area contributed by atoms with Gasteiger partial charge in [-0.1, -0.05) is 0 Å². The molecule has 0 bridgehead atoms. The number of hydrogen-bond acceptors (Lipinski definition) is 3. The molecule has 1 rings (SSSR count). The Morgan fingerprint density at radius 2 is 1.73 bits per heavy atom. The summed E-state index contributed by atoms with van der Waals surface area (Å²) in [7, 11) is -4.56. The van der Waals surface area contributed by atoms with E-state index in [2.05, 4.69) is 5.32 Å². The highest BCUT2D eigenvalue weighted by Crippen LogP contribution is 2.19. The fourth-order valence-corrected chi connectivity index (χ4v) is 1.63. The Kier molecular flexibility index (Phi) is 3.35. The van der Waals surface area contributed by atoms with E-state index < -0.39 is 20.5 Å². The lowest BCUT2D eigenvalue weighted by Gasteiger charge is -2.03. The number of halogens is 2. The van der Waals surface area contributed by atoms with E-state index in [1.54, 1.807) is 0 Å². The standard InChI is InChI=1S/C8H7F2NO3S/c9-8(10)15(13,14)7-3-1-6(2-4-7)11-5-12/h1-5,8H,(H,11,12). The van der Waals surface area contributed by atoms with Crippen molar-refractivity contribution in [3.05, 3.63) is 24.3 Å². The van der Waals surface area contributed by atoms with Crippen LogP contribution in [0.15, 0.2) is 29.2 Å². The summed E-state index contributed by atoms with van der Waals surface area (Å²) >= 11 is 0. The highest BCUT2D eigenvalue weighted by atomic mass is 32.2. The topological polar surface area (TPSA) is 63.2 Å². The zero-order chi connectivity index (χ0) is 11.5. The van der Waals surface area contributed by atoms with E-state index in [1.165, 1.54) is 12.1 Å². The van der Waals surface area contributed by atoms with Gasteiger partial charge in [0.05, 0.1) is 4.90 Å². The molecule has 1 N–H and O–H groups in total. The van der Waals surface area contributed by atoms with Gasteiger partial charge < -0.3 is 5.32 Å². The molecule has 1 amide bonds. The van der Waals surface area contributed by atoms with Crippen LogP contribution in [0.25, 0.3) is 0 Å². The summed E-state index contributed by atoms with van der Waals surface area (Å²) in [5.41, 5.74) is 0.332. The minimum Gasteiger partial charge on any atom is -0.329 e. The van der Waals surface area contributed by atoms with Gasteiger partial charge in [0.15, 0.2) is 0 Å². The Morgan fingerprint density at radius 1 is 1.20 bits per heavy atom. The largest absolute Gasteiger partial charge is 0.341 e. The minimum absolute atomic E-state index is 0.332. The number of sulfone groups is 1. The summed E-state index contributed by atoms with van der Waals surface area (Å²) in [4.78, 5) is 9.54. The van der Waals surface area contributed by atoms with Gasteiger partial charge in [0, 0.05) is 5.69 Å². The second kappa shape index (κ2) is 4.35. The van der Waals surface area contributed by atoms with Gasteiger partial charge in [0.1, 0.15) is 0 Å². The Morgan fingerprint density at radius 3 is 2.13 bits per heavy atom. The summed E-state index contributed by atoms with van der Waals surface area (Å²) in [5, 5.41) is 2.25. The van der Waals surface area contributed by atoms with Gasteiger partial charge in [-0.05, 0) is 24.3 Å². The molecule has 0 radical (unpaired) electrons. The summed E-state index contributed by atoms with van der Waals surface area (Å²) in [5.74, 6) is -3.44. The van der Waals surface area contributed by atoms with Gasteiger partial charge in [-0.3, -0.25) is 4.79 Å². The average Bonchev–Trinajstić information content (AvgIpc) is 2.19. The number of carbonyl (C=O) groups is 1. The number of carbonyl (C=O) groups excluding carboxylic acids is 1. The number of benzene rings is 1. The molecule has 0 aliphatic carbocycles. The smallest absolute Gasteiger partial charge is 0.329 e. The van der Waals surface area contributed by atoms with Crippen molar-refractivity contribution in [3.8, 4) is 0 Å². The quantitative estimate of drug-likeness (QED) is 0.799. The molecule has 15 heavy (non-hydrogen) atoms. The predicted molar refractivity (Wildman–Crippen MR) is 49.3 cm³/mol. The summed E-state index contributed by atoms with van der Waals surface area (Å²) in [6, 6.07) is 4.47. The van der Waals surface area contributed by atoms with Crippen LogP contribution in [0.2, 0.25) is 0 Å². The van der Waals surface area contributed by atoms with E-state index in [9.17, 15) is 22.0 Å². The van der Waals surface area contributed by atoms with Crippen molar-refractivity contribution in [2.45, 2.75) is 10.7 Å². The fraction of sp³-hybridized carbons (Fsp3) is 0.125. The second-order valence-electron chi connectivity index (χ2n) is 2.59. The summed E-state index contributed by atoms with van der Waals surface area (Å²) in [6.45, 7) is 0. The molecule has 0 aliphatic rings. The minimum atomic E-state index is -4.56. The molecule has 0 unspecified atom stereocenters. The molecular formula is C8H7F2NO3S. The van der Waals surface area contributed by atoms with Crippen LogP contribution < -0.4 is 5.32 Å².